The molecule has 12 heteroatoms. The van der Waals surface area contributed by atoms with Gasteiger partial charge < -0.3 is 24.4 Å². The first kappa shape index (κ1) is 26.5. The van der Waals surface area contributed by atoms with Crippen molar-refractivity contribution in [3.8, 4) is 28.4 Å². The number of benzene rings is 2. The highest BCUT2D eigenvalue weighted by Crippen LogP contribution is 2.39. The van der Waals surface area contributed by atoms with Gasteiger partial charge in [-0.05, 0) is 43.2 Å². The SMILES string of the molecule is COc1cc(OC)cc(-c2nn(-c3cc(N4CCC(O)C4)ccc3C(F)(F)F)c(=O)c3c2CCN3C(C)=O)c1. The van der Waals surface area contributed by atoms with Crippen LogP contribution in [-0.4, -0.2) is 60.8 Å². The minimum atomic E-state index is -4.79. The van der Waals surface area contributed by atoms with Crippen molar-refractivity contribution in [1.29, 1.82) is 0 Å². The summed E-state index contributed by atoms with van der Waals surface area (Å²) in [6.45, 7) is 2.20. The van der Waals surface area contributed by atoms with Crippen molar-refractivity contribution in [2.24, 2.45) is 0 Å². The second-order valence-electron chi connectivity index (χ2n) is 9.50. The van der Waals surface area contributed by atoms with Gasteiger partial charge in [-0.3, -0.25) is 9.59 Å². The molecule has 39 heavy (non-hydrogen) atoms. The Labute approximate surface area is 222 Å². The highest BCUT2D eigenvalue weighted by atomic mass is 19.4. The van der Waals surface area contributed by atoms with Gasteiger partial charge in [-0.25, -0.2) is 0 Å². The molecule has 1 saturated heterocycles. The van der Waals surface area contributed by atoms with E-state index < -0.39 is 35.0 Å². The second kappa shape index (κ2) is 9.92. The number of aliphatic hydroxyl groups is 1. The zero-order valence-corrected chi connectivity index (χ0v) is 21.6. The summed E-state index contributed by atoms with van der Waals surface area (Å²) in [5.74, 6) is 0.433. The average molecular weight is 545 g/mol. The van der Waals surface area contributed by atoms with E-state index in [1.807, 2.05) is 0 Å². The van der Waals surface area contributed by atoms with E-state index in [9.17, 15) is 27.9 Å². The number of nitrogens with zero attached hydrogens (tertiary/aromatic N) is 4. The van der Waals surface area contributed by atoms with E-state index in [2.05, 4.69) is 5.10 Å². The largest absolute Gasteiger partial charge is 0.497 e. The number of aromatic nitrogens is 2. The van der Waals surface area contributed by atoms with Gasteiger partial charge in [0.25, 0.3) is 5.56 Å². The lowest BCUT2D eigenvalue weighted by atomic mass is 10.0. The summed E-state index contributed by atoms with van der Waals surface area (Å²) in [5.41, 5.74) is -0.812. The first-order valence-electron chi connectivity index (χ1n) is 12.3. The van der Waals surface area contributed by atoms with Crippen molar-refractivity contribution < 1.29 is 32.5 Å². The van der Waals surface area contributed by atoms with Crippen LogP contribution in [0.5, 0.6) is 11.5 Å². The third kappa shape index (κ3) is 4.80. The summed E-state index contributed by atoms with van der Waals surface area (Å²) in [7, 11) is 2.93. The molecule has 3 aromatic rings. The second-order valence-corrected chi connectivity index (χ2v) is 9.50. The molecular weight excluding hydrogens is 517 g/mol. The molecule has 5 rings (SSSR count). The van der Waals surface area contributed by atoms with Crippen molar-refractivity contribution in [2.45, 2.75) is 32.0 Å². The van der Waals surface area contributed by atoms with Crippen LogP contribution >= 0.6 is 0 Å². The fourth-order valence-electron chi connectivity index (χ4n) is 5.16. The number of ether oxygens (including phenoxy) is 2. The molecule has 2 aromatic carbocycles. The van der Waals surface area contributed by atoms with Gasteiger partial charge in [-0.15, -0.1) is 0 Å². The lowest BCUT2D eigenvalue weighted by Crippen LogP contribution is -2.34. The Morgan fingerprint density at radius 3 is 2.33 bits per heavy atom. The highest BCUT2D eigenvalue weighted by Gasteiger charge is 2.37. The molecule has 1 N–H and O–H groups in total. The molecule has 9 nitrogen and oxygen atoms in total. The van der Waals surface area contributed by atoms with Gasteiger partial charge in [-0.1, -0.05) is 0 Å². The van der Waals surface area contributed by atoms with Crippen molar-refractivity contribution in [3.05, 3.63) is 57.9 Å². The van der Waals surface area contributed by atoms with Gasteiger partial charge in [0.1, 0.15) is 17.2 Å². The topological polar surface area (TPSA) is 97.1 Å². The van der Waals surface area contributed by atoms with Gasteiger partial charge in [0.05, 0.1) is 37.3 Å². The van der Waals surface area contributed by atoms with Gasteiger partial charge in [-0.2, -0.15) is 23.0 Å². The fourth-order valence-corrected chi connectivity index (χ4v) is 5.16. The Balaban J connectivity index is 1.81. The minimum Gasteiger partial charge on any atom is -0.497 e. The van der Waals surface area contributed by atoms with Crippen LogP contribution in [0.25, 0.3) is 16.9 Å². The summed E-state index contributed by atoms with van der Waals surface area (Å²) in [6, 6.07) is 8.40. The smallest absolute Gasteiger partial charge is 0.418 e. The number of β-amino-alcohol motifs (C(OH)–C–C–N with tert-alkyl or cyclic N) is 1. The first-order chi connectivity index (χ1) is 18.5. The lowest BCUT2D eigenvalue weighted by Gasteiger charge is -2.23. The van der Waals surface area contributed by atoms with Gasteiger partial charge in [0.15, 0.2) is 0 Å². The molecule has 0 aliphatic carbocycles. The molecule has 0 bridgehead atoms. The normalized spacial score (nSPS) is 16.9. The number of methoxy groups -OCH3 is 2. The molecule has 1 fully saturated rings. The highest BCUT2D eigenvalue weighted by molar-refractivity contribution is 5.95. The van der Waals surface area contributed by atoms with Crippen molar-refractivity contribution in [1.82, 2.24) is 9.78 Å². The third-order valence-electron chi connectivity index (χ3n) is 7.07. The Morgan fingerprint density at radius 2 is 1.77 bits per heavy atom. The van der Waals surface area contributed by atoms with Crippen molar-refractivity contribution in [3.63, 3.8) is 0 Å². The molecule has 1 unspecified atom stereocenters. The minimum absolute atomic E-state index is 0.00981. The number of hydrogen-bond donors (Lipinski definition) is 1. The molecule has 1 aromatic heterocycles. The van der Waals surface area contributed by atoms with Crippen LogP contribution in [0.15, 0.2) is 41.2 Å². The van der Waals surface area contributed by atoms with Crippen LogP contribution in [0.1, 0.15) is 24.5 Å². The van der Waals surface area contributed by atoms with E-state index in [4.69, 9.17) is 9.47 Å². The quantitative estimate of drug-likeness (QED) is 0.526. The predicted molar refractivity (Wildman–Crippen MR) is 138 cm³/mol. The Morgan fingerprint density at radius 1 is 1.08 bits per heavy atom. The van der Waals surface area contributed by atoms with Crippen LogP contribution in [0.4, 0.5) is 24.5 Å². The fraction of sp³-hybridized carbons (Fsp3) is 0.370. The lowest BCUT2D eigenvalue weighted by molar-refractivity contribution is -0.137. The molecule has 0 radical (unpaired) electrons. The first-order valence-corrected chi connectivity index (χ1v) is 12.3. The maximum atomic E-state index is 14.2. The zero-order chi connectivity index (χ0) is 28.1. The summed E-state index contributed by atoms with van der Waals surface area (Å²) in [5, 5.41) is 14.4. The molecule has 3 heterocycles. The molecule has 1 amide bonds. The summed E-state index contributed by atoms with van der Waals surface area (Å²) in [4.78, 5) is 29.3. The number of carbonyl (C=O) groups excluding carboxylic acids is 1. The van der Waals surface area contributed by atoms with E-state index in [0.29, 0.717) is 47.7 Å². The number of anilines is 2. The van der Waals surface area contributed by atoms with Gasteiger partial charge in [0.2, 0.25) is 5.91 Å². The van der Waals surface area contributed by atoms with Gasteiger partial charge >= 0.3 is 6.18 Å². The molecule has 206 valence electrons. The molecule has 0 spiro atoms. The molecule has 2 aliphatic heterocycles. The Kier molecular flexibility index (Phi) is 6.75. The van der Waals surface area contributed by atoms with Gasteiger partial charge in [0, 0.05) is 49.4 Å². The molecular formula is C27H27F3N4O5. The zero-order valence-electron chi connectivity index (χ0n) is 21.6. The molecule has 0 saturated carbocycles. The Bertz CT molecular complexity index is 1480. The number of halogens is 3. The van der Waals surface area contributed by atoms with Crippen LogP contribution in [-0.2, 0) is 17.4 Å². The maximum Gasteiger partial charge on any atom is 0.418 e. The average Bonchev–Trinajstić information content (AvgIpc) is 3.55. The van der Waals surface area contributed by atoms with E-state index in [0.717, 1.165) is 10.7 Å². The number of carbonyl (C=O) groups is 1. The number of fused-ring (bicyclic) bond motifs is 1. The number of alkyl halides is 3. The van der Waals surface area contributed by atoms with E-state index in [1.165, 1.54) is 38.2 Å². The standard InChI is InChI=1S/C27H27F3N4O5/c1-15(35)33-9-7-21-24(16-10-19(38-2)13-20(11-16)39-3)31-34(26(37)25(21)33)23-12-17(32-8-6-18(36)14-32)4-5-22(23)27(28,29)30/h4-5,10-13,18,36H,6-9,14H2,1-3H3. The number of amides is 1. The van der Waals surface area contributed by atoms with Crippen LogP contribution < -0.4 is 24.8 Å². The van der Waals surface area contributed by atoms with Crippen LogP contribution in [0.2, 0.25) is 0 Å². The van der Waals surface area contributed by atoms with E-state index in [1.54, 1.807) is 23.1 Å². The summed E-state index contributed by atoms with van der Waals surface area (Å²) in [6.07, 6.45) is -4.62. The van der Waals surface area contributed by atoms with Crippen LogP contribution in [0, 0.1) is 0 Å². The number of rotatable bonds is 5. The van der Waals surface area contributed by atoms with E-state index >= 15 is 0 Å². The van der Waals surface area contributed by atoms with Crippen LogP contribution in [0.3, 0.4) is 0 Å². The summed E-state index contributed by atoms with van der Waals surface area (Å²) >= 11 is 0. The predicted octanol–water partition coefficient (Wildman–Crippen LogP) is 3.42. The Hall–Kier alpha value is -4.06. The molecule has 1 atom stereocenters. The monoisotopic (exact) mass is 544 g/mol. The third-order valence-corrected chi connectivity index (χ3v) is 7.07. The summed E-state index contributed by atoms with van der Waals surface area (Å²) < 4.78 is 54.2. The number of hydrogen-bond acceptors (Lipinski definition) is 7. The number of aliphatic hydroxyl groups excluding tert-OH is 1. The van der Waals surface area contributed by atoms with E-state index in [-0.39, 0.29) is 24.5 Å². The maximum absolute atomic E-state index is 14.2. The molecule has 2 aliphatic rings. The van der Waals surface area contributed by atoms with Crippen molar-refractivity contribution in [2.75, 3.05) is 43.7 Å². The van der Waals surface area contributed by atoms with Crippen molar-refractivity contribution >= 4 is 17.3 Å².